The van der Waals surface area contributed by atoms with Crippen molar-refractivity contribution in [2.45, 2.75) is 32.4 Å². The van der Waals surface area contributed by atoms with Gasteiger partial charge < -0.3 is 9.64 Å². The molecule has 0 atom stereocenters. The van der Waals surface area contributed by atoms with E-state index in [0.29, 0.717) is 6.54 Å². The van der Waals surface area contributed by atoms with Gasteiger partial charge in [-0.2, -0.15) is 5.10 Å². The number of carbonyl (C=O) groups excluding carboxylic acids is 1. The van der Waals surface area contributed by atoms with E-state index in [1.807, 2.05) is 46.8 Å². The maximum absolute atomic E-state index is 12.9. The highest BCUT2D eigenvalue weighted by molar-refractivity contribution is 7.20. The van der Waals surface area contributed by atoms with E-state index in [9.17, 15) is 4.79 Å². The van der Waals surface area contributed by atoms with Crippen molar-refractivity contribution in [1.82, 2.24) is 14.7 Å². The maximum atomic E-state index is 12.9. The molecule has 1 saturated heterocycles. The minimum Gasteiger partial charge on any atom is -0.381 e. The van der Waals surface area contributed by atoms with Gasteiger partial charge in [0, 0.05) is 30.6 Å². The topological polar surface area (TPSA) is 47.4 Å². The number of halogens is 1. The molecule has 0 N–H and O–H groups in total. The van der Waals surface area contributed by atoms with Crippen LogP contribution in [0.4, 0.5) is 0 Å². The number of hydrogen-bond acceptors (Lipinski definition) is 4. The molecular formula is C20H22ClN3O2S. The van der Waals surface area contributed by atoms with Crippen molar-refractivity contribution in [1.29, 1.82) is 0 Å². The molecule has 142 valence electrons. The Bertz CT molecular complexity index is 956. The largest absolute Gasteiger partial charge is 0.381 e. The quantitative estimate of drug-likeness (QED) is 0.650. The number of hydrogen-bond donors (Lipinski definition) is 0. The first-order valence-corrected chi connectivity index (χ1v) is 10.3. The third-order valence-corrected chi connectivity index (χ3v) is 6.51. The molecule has 1 fully saturated rings. The van der Waals surface area contributed by atoms with Crippen molar-refractivity contribution in [3.63, 3.8) is 0 Å². The molecule has 0 aliphatic carbocycles. The zero-order valence-corrected chi connectivity index (χ0v) is 17.0. The fourth-order valence-corrected chi connectivity index (χ4v) is 4.79. The van der Waals surface area contributed by atoms with Crippen molar-refractivity contribution in [3.05, 3.63) is 51.5 Å². The summed E-state index contributed by atoms with van der Waals surface area (Å²) in [5, 5.41) is 6.44. The van der Waals surface area contributed by atoms with Gasteiger partial charge in [0.2, 0.25) is 0 Å². The summed E-state index contributed by atoms with van der Waals surface area (Å²) in [7, 11) is 1.74. The Morgan fingerprint density at radius 3 is 2.67 bits per heavy atom. The molecule has 7 heteroatoms. The number of amides is 1. The van der Waals surface area contributed by atoms with E-state index >= 15 is 0 Å². The summed E-state index contributed by atoms with van der Waals surface area (Å²) in [4.78, 5) is 16.7. The van der Waals surface area contributed by atoms with Crippen LogP contribution in [0.5, 0.6) is 0 Å². The lowest BCUT2D eigenvalue weighted by molar-refractivity contribution is 0.0353. The van der Waals surface area contributed by atoms with E-state index in [1.165, 1.54) is 11.3 Å². The Kier molecular flexibility index (Phi) is 5.21. The van der Waals surface area contributed by atoms with Gasteiger partial charge in [0.15, 0.2) is 0 Å². The van der Waals surface area contributed by atoms with Crippen LogP contribution in [0.15, 0.2) is 30.3 Å². The second-order valence-electron chi connectivity index (χ2n) is 6.93. The number of rotatable bonds is 4. The molecule has 0 spiro atoms. The van der Waals surface area contributed by atoms with Crippen LogP contribution in [-0.4, -0.2) is 46.9 Å². The van der Waals surface area contributed by atoms with E-state index in [-0.39, 0.29) is 12.0 Å². The Morgan fingerprint density at radius 2 is 2.00 bits per heavy atom. The fraction of sp³-hybridized carbons (Fsp3) is 0.400. The number of nitrogens with zero attached hydrogens (tertiary/aromatic N) is 3. The summed E-state index contributed by atoms with van der Waals surface area (Å²) in [5.74, 6) is 0.114. The van der Waals surface area contributed by atoms with Gasteiger partial charge in [0.25, 0.3) is 5.91 Å². The highest BCUT2D eigenvalue weighted by Gasteiger charge is 2.25. The molecule has 4 rings (SSSR count). The Labute approximate surface area is 167 Å². The van der Waals surface area contributed by atoms with Crippen molar-refractivity contribution < 1.29 is 9.53 Å². The van der Waals surface area contributed by atoms with E-state index in [1.54, 1.807) is 7.11 Å². The molecule has 1 aliphatic heterocycles. The highest BCUT2D eigenvalue weighted by atomic mass is 35.5. The van der Waals surface area contributed by atoms with Gasteiger partial charge in [0.1, 0.15) is 4.83 Å². The molecule has 0 bridgehead atoms. The zero-order chi connectivity index (χ0) is 19.0. The van der Waals surface area contributed by atoms with Crippen LogP contribution >= 0.6 is 22.9 Å². The number of likely N-dealkylation sites (tertiary alicyclic amines) is 1. The predicted octanol–water partition coefficient (Wildman–Crippen LogP) is 4.36. The van der Waals surface area contributed by atoms with Crippen molar-refractivity contribution in [2.24, 2.45) is 0 Å². The summed E-state index contributed by atoms with van der Waals surface area (Å²) in [5.41, 5.74) is 2.08. The highest BCUT2D eigenvalue weighted by Crippen LogP contribution is 2.30. The molecule has 1 aromatic carbocycles. The van der Waals surface area contributed by atoms with Crippen molar-refractivity contribution in [2.75, 3.05) is 20.2 Å². The molecule has 5 nitrogen and oxygen atoms in total. The lowest BCUT2D eigenvalue weighted by Crippen LogP contribution is -2.40. The van der Waals surface area contributed by atoms with Crippen molar-refractivity contribution >= 4 is 39.1 Å². The van der Waals surface area contributed by atoms with Gasteiger partial charge in [-0.15, -0.1) is 11.3 Å². The van der Waals surface area contributed by atoms with Crippen LogP contribution in [0, 0.1) is 6.92 Å². The normalized spacial score (nSPS) is 15.6. The van der Waals surface area contributed by atoms with Gasteiger partial charge in [-0.3, -0.25) is 9.48 Å². The molecule has 1 aliphatic rings. The summed E-state index contributed by atoms with van der Waals surface area (Å²) in [6.45, 7) is 4.16. The van der Waals surface area contributed by atoms with Crippen LogP contribution in [-0.2, 0) is 11.3 Å². The van der Waals surface area contributed by atoms with E-state index in [0.717, 1.165) is 57.3 Å². The Hall–Kier alpha value is -1.89. The number of fused-ring (bicyclic) bond motifs is 1. The molecule has 1 amide bonds. The Morgan fingerprint density at radius 1 is 1.30 bits per heavy atom. The second kappa shape index (κ2) is 7.62. The number of aryl methyl sites for hydroxylation is 1. The number of aromatic nitrogens is 2. The van der Waals surface area contributed by atoms with Gasteiger partial charge in [-0.25, -0.2) is 0 Å². The summed E-state index contributed by atoms with van der Waals surface area (Å²) in [6.07, 6.45) is 2.07. The summed E-state index contributed by atoms with van der Waals surface area (Å²) < 4.78 is 7.38. The van der Waals surface area contributed by atoms with Crippen LogP contribution in [0.25, 0.3) is 10.2 Å². The number of methoxy groups -OCH3 is 1. The van der Waals surface area contributed by atoms with Crippen LogP contribution in [0.3, 0.4) is 0 Å². The lowest BCUT2D eigenvalue weighted by atomic mass is 10.1. The monoisotopic (exact) mass is 403 g/mol. The molecule has 27 heavy (non-hydrogen) atoms. The number of benzene rings is 1. The number of thiophene rings is 1. The van der Waals surface area contributed by atoms with Crippen LogP contribution in [0.2, 0.25) is 5.02 Å². The first kappa shape index (κ1) is 18.5. The van der Waals surface area contributed by atoms with Gasteiger partial charge in [0.05, 0.1) is 23.2 Å². The molecule has 0 unspecified atom stereocenters. The Balaban J connectivity index is 1.57. The minimum atomic E-state index is 0.114. The number of ether oxygens (including phenoxy) is 1. The van der Waals surface area contributed by atoms with E-state index in [4.69, 9.17) is 16.3 Å². The molecule has 0 radical (unpaired) electrons. The first-order chi connectivity index (χ1) is 13.0. The van der Waals surface area contributed by atoms with Crippen LogP contribution < -0.4 is 0 Å². The van der Waals surface area contributed by atoms with Gasteiger partial charge in [-0.05, 0) is 43.5 Å². The first-order valence-electron chi connectivity index (χ1n) is 9.08. The lowest BCUT2D eigenvalue weighted by Gasteiger charge is -2.30. The van der Waals surface area contributed by atoms with Crippen LogP contribution in [0.1, 0.15) is 33.8 Å². The maximum Gasteiger partial charge on any atom is 0.264 e. The third kappa shape index (κ3) is 3.74. The molecule has 3 aromatic rings. The minimum absolute atomic E-state index is 0.114. The standard InChI is InChI=1S/C20H22ClN3O2S/c1-13-17-11-18(19(25)23-9-7-16(26-2)8-10-23)27-20(17)24(22-13)12-14-3-5-15(21)6-4-14/h3-6,11,16H,7-10,12H2,1-2H3. The molecular weight excluding hydrogens is 382 g/mol. The third-order valence-electron chi connectivity index (χ3n) is 5.13. The number of carbonyl (C=O) groups is 1. The molecule has 2 aromatic heterocycles. The predicted molar refractivity (Wildman–Crippen MR) is 109 cm³/mol. The van der Waals surface area contributed by atoms with Gasteiger partial charge >= 0.3 is 0 Å². The second-order valence-corrected chi connectivity index (χ2v) is 8.39. The van der Waals surface area contributed by atoms with E-state index in [2.05, 4.69) is 5.10 Å². The zero-order valence-electron chi connectivity index (χ0n) is 15.4. The number of piperidine rings is 1. The molecule has 3 heterocycles. The summed E-state index contributed by atoms with van der Waals surface area (Å²) in [6, 6.07) is 9.77. The summed E-state index contributed by atoms with van der Waals surface area (Å²) >= 11 is 7.50. The average molecular weight is 404 g/mol. The SMILES string of the molecule is COC1CCN(C(=O)c2cc3c(C)nn(Cc4ccc(Cl)cc4)c3s2)CC1. The average Bonchev–Trinajstić information content (AvgIpc) is 3.24. The van der Waals surface area contributed by atoms with Crippen molar-refractivity contribution in [3.8, 4) is 0 Å². The van der Waals surface area contributed by atoms with E-state index < -0.39 is 0 Å². The fourth-order valence-electron chi connectivity index (χ4n) is 3.54. The van der Waals surface area contributed by atoms with Gasteiger partial charge in [-0.1, -0.05) is 23.7 Å². The smallest absolute Gasteiger partial charge is 0.264 e. The molecule has 0 saturated carbocycles.